The fourth-order valence-electron chi connectivity index (χ4n) is 0.693. The molecule has 0 aromatic carbocycles. The molecule has 0 aliphatic heterocycles. The van der Waals surface area contributed by atoms with E-state index >= 15 is 0 Å². The van der Waals surface area contributed by atoms with Gasteiger partial charge in [0.1, 0.15) is 0 Å². The Morgan fingerprint density at radius 3 is 2.42 bits per heavy atom. The van der Waals surface area contributed by atoms with Gasteiger partial charge < -0.3 is 5.32 Å². The summed E-state index contributed by atoms with van der Waals surface area (Å²) in [6.45, 7) is 3.42. The van der Waals surface area contributed by atoms with Gasteiger partial charge in [-0.2, -0.15) is 0 Å². The minimum atomic E-state index is -0.744. The van der Waals surface area contributed by atoms with E-state index in [1.165, 1.54) is 0 Å². The topological polar surface area (TPSA) is 35.9 Å². The highest BCUT2D eigenvalue weighted by molar-refractivity contribution is 6.68. The molecule has 0 rings (SSSR count). The number of hydrogen-bond acceptors (Lipinski definition) is 2. The molecule has 0 aliphatic rings. The third-order valence-corrected chi connectivity index (χ3v) is 1.46. The zero-order valence-electron chi connectivity index (χ0n) is 6.92. The number of hydrogen-bond donors (Lipinski definition) is 2. The van der Waals surface area contributed by atoms with Gasteiger partial charge in [-0.15, -0.1) is 0 Å². The average Bonchev–Trinajstić information content (AvgIpc) is 1.98. The van der Waals surface area contributed by atoms with Crippen LogP contribution in [0.5, 0.6) is 0 Å². The quantitative estimate of drug-likeness (QED) is 0.420. The maximum Gasteiger partial charge on any atom is 0.178 e. The number of rotatable bonds is 4. The zero-order chi connectivity index (χ0) is 9.72. The minimum absolute atomic E-state index is 0.262. The lowest BCUT2D eigenvalue weighted by atomic mass is 10.3. The maximum atomic E-state index is 13.0. The van der Waals surface area contributed by atoms with Crippen molar-refractivity contribution in [3.8, 4) is 0 Å². The molecule has 0 radical (unpaired) electrons. The van der Waals surface area contributed by atoms with E-state index in [9.17, 15) is 4.39 Å². The fourth-order valence-corrected chi connectivity index (χ4v) is 0.939. The monoisotopic (exact) mass is 212 g/mol. The van der Waals surface area contributed by atoms with Crippen LogP contribution in [0, 0.1) is 5.41 Å². The summed E-state index contributed by atoms with van der Waals surface area (Å²) in [5.41, 5.74) is -0.112. The second-order valence-electron chi connectivity index (χ2n) is 2.22. The van der Waals surface area contributed by atoms with E-state index in [1.807, 2.05) is 0 Å². The van der Waals surface area contributed by atoms with Crippen LogP contribution < -0.4 is 5.32 Å². The van der Waals surface area contributed by atoms with Gasteiger partial charge in [-0.25, -0.2) is 4.39 Å². The molecule has 0 aromatic rings. The van der Waals surface area contributed by atoms with E-state index in [0.29, 0.717) is 6.42 Å². The van der Waals surface area contributed by atoms with Gasteiger partial charge in [-0.3, -0.25) is 5.41 Å². The van der Waals surface area contributed by atoms with Crippen LogP contribution >= 0.6 is 23.2 Å². The molecule has 5 heteroatoms. The molecule has 0 saturated carbocycles. The van der Waals surface area contributed by atoms with Gasteiger partial charge >= 0.3 is 0 Å². The van der Waals surface area contributed by atoms with Crippen molar-refractivity contribution in [2.24, 2.45) is 0 Å². The first kappa shape index (κ1) is 11.7. The van der Waals surface area contributed by atoms with Gasteiger partial charge in [0, 0.05) is 0 Å². The SMILES string of the molecule is CC/C(NC(C)Cl)=C(/F)C(=N)Cl. The zero-order valence-corrected chi connectivity index (χ0v) is 8.43. The average molecular weight is 213 g/mol. The molecular formula is C7H11Cl2FN2. The largest absolute Gasteiger partial charge is 0.370 e. The minimum Gasteiger partial charge on any atom is -0.370 e. The summed E-state index contributed by atoms with van der Waals surface area (Å²) in [5.74, 6) is -0.744. The van der Waals surface area contributed by atoms with Crippen LogP contribution in [0.2, 0.25) is 0 Å². The first-order valence-corrected chi connectivity index (χ1v) is 4.34. The molecule has 2 N–H and O–H groups in total. The molecule has 0 bridgehead atoms. The molecule has 70 valence electrons. The molecule has 12 heavy (non-hydrogen) atoms. The van der Waals surface area contributed by atoms with Crippen molar-refractivity contribution in [3.63, 3.8) is 0 Å². The number of halogens is 3. The number of nitrogens with one attached hydrogen (secondary N) is 2. The van der Waals surface area contributed by atoms with Gasteiger partial charge in [-0.05, 0) is 13.3 Å². The Labute approximate surface area is 81.2 Å². The van der Waals surface area contributed by atoms with Crippen molar-refractivity contribution >= 4 is 28.4 Å². The maximum absolute atomic E-state index is 13.0. The van der Waals surface area contributed by atoms with Gasteiger partial charge in [-0.1, -0.05) is 30.1 Å². The smallest absolute Gasteiger partial charge is 0.178 e. The lowest BCUT2D eigenvalue weighted by molar-refractivity contribution is 0.627. The van der Waals surface area contributed by atoms with Crippen LogP contribution in [0.25, 0.3) is 0 Å². The van der Waals surface area contributed by atoms with Gasteiger partial charge in [0.25, 0.3) is 0 Å². The molecule has 1 atom stereocenters. The highest BCUT2D eigenvalue weighted by atomic mass is 35.5. The molecular weight excluding hydrogens is 202 g/mol. The summed E-state index contributed by atoms with van der Waals surface area (Å²) >= 11 is 10.7. The van der Waals surface area contributed by atoms with Gasteiger partial charge in [0.2, 0.25) is 0 Å². The van der Waals surface area contributed by atoms with Crippen molar-refractivity contribution in [1.29, 1.82) is 5.41 Å². The number of allylic oxidation sites excluding steroid dienone is 2. The standard InChI is InChI=1S/C7H11Cl2FN2/c1-3-5(12-4(2)8)6(10)7(9)11/h4,11-12H,3H2,1-2H3/b6-5-,11-7?. The Morgan fingerprint density at radius 1 is 1.67 bits per heavy atom. The number of alkyl halides is 1. The third-order valence-electron chi connectivity index (χ3n) is 1.18. The summed E-state index contributed by atoms with van der Waals surface area (Å²) in [7, 11) is 0. The summed E-state index contributed by atoms with van der Waals surface area (Å²) in [6, 6.07) is 0. The van der Waals surface area contributed by atoms with E-state index in [4.69, 9.17) is 28.6 Å². The van der Waals surface area contributed by atoms with Crippen LogP contribution in [0.15, 0.2) is 11.5 Å². The highest BCUT2D eigenvalue weighted by Gasteiger charge is 2.09. The molecule has 0 amide bonds. The first-order valence-electron chi connectivity index (χ1n) is 3.52. The highest BCUT2D eigenvalue weighted by Crippen LogP contribution is 2.12. The molecule has 0 spiro atoms. The van der Waals surface area contributed by atoms with Crippen molar-refractivity contribution in [2.75, 3.05) is 0 Å². The van der Waals surface area contributed by atoms with Gasteiger partial charge in [0.15, 0.2) is 11.0 Å². The summed E-state index contributed by atoms with van der Waals surface area (Å²) < 4.78 is 13.0. The van der Waals surface area contributed by atoms with Gasteiger partial charge in [0.05, 0.1) is 11.2 Å². The lowest BCUT2D eigenvalue weighted by Crippen LogP contribution is -2.21. The summed E-state index contributed by atoms with van der Waals surface area (Å²) in [4.78, 5) is 0. The molecule has 1 unspecified atom stereocenters. The van der Waals surface area contributed by atoms with Crippen LogP contribution in [0.3, 0.4) is 0 Å². The Balaban J connectivity index is 4.50. The first-order chi connectivity index (χ1) is 5.49. The molecule has 0 aromatic heterocycles. The molecule has 2 nitrogen and oxygen atoms in total. The fraction of sp³-hybridized carbons (Fsp3) is 0.571. The second-order valence-corrected chi connectivity index (χ2v) is 3.25. The summed E-state index contributed by atoms with van der Waals surface area (Å²) in [5, 5.41) is 8.88. The van der Waals surface area contributed by atoms with Crippen molar-refractivity contribution in [1.82, 2.24) is 5.32 Å². The molecule has 0 fully saturated rings. The third kappa shape index (κ3) is 3.93. The summed E-state index contributed by atoms with van der Waals surface area (Å²) in [6.07, 6.45) is 0.429. The lowest BCUT2D eigenvalue weighted by Gasteiger charge is -2.11. The van der Waals surface area contributed by atoms with E-state index in [0.717, 1.165) is 0 Å². The van der Waals surface area contributed by atoms with Crippen molar-refractivity contribution < 1.29 is 4.39 Å². The molecule has 0 aliphatic carbocycles. The predicted octanol–water partition coefficient (Wildman–Crippen LogP) is 2.97. The Hall–Kier alpha value is -0.280. The molecule has 0 saturated heterocycles. The Morgan fingerprint density at radius 2 is 2.17 bits per heavy atom. The van der Waals surface area contributed by atoms with Crippen molar-refractivity contribution in [2.45, 2.75) is 25.8 Å². The van der Waals surface area contributed by atoms with Crippen LogP contribution in [-0.2, 0) is 0 Å². The van der Waals surface area contributed by atoms with Crippen LogP contribution in [0.4, 0.5) is 4.39 Å². The van der Waals surface area contributed by atoms with Crippen molar-refractivity contribution in [3.05, 3.63) is 11.5 Å². The normalized spacial score (nSPS) is 15.1. The van der Waals surface area contributed by atoms with E-state index in [2.05, 4.69) is 5.32 Å². The predicted molar refractivity (Wildman–Crippen MR) is 50.5 cm³/mol. The second kappa shape index (κ2) is 5.38. The van der Waals surface area contributed by atoms with Crippen LogP contribution in [0.1, 0.15) is 20.3 Å². The Bertz CT molecular complexity index is 202. The van der Waals surface area contributed by atoms with E-state index in [-0.39, 0.29) is 11.2 Å². The Kier molecular flexibility index (Phi) is 5.25. The van der Waals surface area contributed by atoms with E-state index < -0.39 is 11.0 Å². The molecule has 0 heterocycles. The van der Waals surface area contributed by atoms with Crippen LogP contribution in [-0.4, -0.2) is 10.7 Å². The van der Waals surface area contributed by atoms with E-state index in [1.54, 1.807) is 13.8 Å².